The molecule has 0 saturated heterocycles. The summed E-state index contributed by atoms with van der Waals surface area (Å²) in [4.78, 5) is 0. The molecule has 0 spiro atoms. The largest absolute Gasteiger partial charge is 0.494 e. The van der Waals surface area contributed by atoms with E-state index in [4.69, 9.17) is 16.3 Å². The Morgan fingerprint density at radius 1 is 1.36 bits per heavy atom. The number of hydrogen-bond donors (Lipinski definition) is 0. The predicted octanol–water partition coefficient (Wildman–Crippen LogP) is 4.09. The van der Waals surface area contributed by atoms with E-state index < -0.39 is 0 Å². The number of rotatable bonds is 5. The van der Waals surface area contributed by atoms with E-state index in [1.54, 1.807) is 0 Å². The summed E-state index contributed by atoms with van der Waals surface area (Å²) in [6, 6.07) is 7.85. The predicted molar refractivity (Wildman–Crippen MR) is 64.1 cm³/mol. The van der Waals surface area contributed by atoms with E-state index in [1.807, 2.05) is 24.3 Å². The standard InChI is InChI=1S/C11H14BrClO/c1-9(8-13)6-7-14-11-4-2-10(12)3-5-11/h2-5,9H,6-8H2,1H3. The second kappa shape index (κ2) is 6.31. The van der Waals surface area contributed by atoms with Crippen molar-refractivity contribution in [3.63, 3.8) is 0 Å². The average molecular weight is 278 g/mol. The molecule has 0 aliphatic heterocycles. The summed E-state index contributed by atoms with van der Waals surface area (Å²) in [6.45, 7) is 2.85. The number of ether oxygens (including phenoxy) is 1. The van der Waals surface area contributed by atoms with Gasteiger partial charge in [-0.3, -0.25) is 0 Å². The second-order valence-electron chi connectivity index (χ2n) is 3.35. The van der Waals surface area contributed by atoms with Gasteiger partial charge in [-0.05, 0) is 36.6 Å². The van der Waals surface area contributed by atoms with E-state index in [0.717, 1.165) is 23.2 Å². The lowest BCUT2D eigenvalue weighted by atomic mass is 10.1. The molecule has 1 nitrogen and oxygen atoms in total. The molecule has 0 aliphatic rings. The number of halogens is 2. The van der Waals surface area contributed by atoms with Crippen LogP contribution in [0.25, 0.3) is 0 Å². The summed E-state index contributed by atoms with van der Waals surface area (Å²) in [5.74, 6) is 2.13. The zero-order valence-corrected chi connectivity index (χ0v) is 10.5. The van der Waals surface area contributed by atoms with Crippen LogP contribution in [0.15, 0.2) is 28.7 Å². The fourth-order valence-corrected chi connectivity index (χ4v) is 1.40. The van der Waals surface area contributed by atoms with Gasteiger partial charge in [0.25, 0.3) is 0 Å². The van der Waals surface area contributed by atoms with Crippen LogP contribution in [0.4, 0.5) is 0 Å². The molecular weight excluding hydrogens is 263 g/mol. The number of alkyl halides is 1. The Hall–Kier alpha value is -0.210. The maximum absolute atomic E-state index is 5.69. The molecule has 1 aromatic rings. The minimum atomic E-state index is 0.520. The molecule has 14 heavy (non-hydrogen) atoms. The normalized spacial score (nSPS) is 12.5. The first-order chi connectivity index (χ1) is 6.72. The maximum Gasteiger partial charge on any atom is 0.119 e. The van der Waals surface area contributed by atoms with Crippen molar-refractivity contribution in [2.24, 2.45) is 5.92 Å². The molecule has 0 bridgehead atoms. The van der Waals surface area contributed by atoms with Crippen molar-refractivity contribution < 1.29 is 4.74 Å². The van der Waals surface area contributed by atoms with Gasteiger partial charge >= 0.3 is 0 Å². The van der Waals surface area contributed by atoms with Crippen LogP contribution in [-0.2, 0) is 0 Å². The summed E-state index contributed by atoms with van der Waals surface area (Å²) in [7, 11) is 0. The molecular formula is C11H14BrClO. The van der Waals surface area contributed by atoms with Gasteiger partial charge in [0.05, 0.1) is 6.61 Å². The van der Waals surface area contributed by atoms with Crippen LogP contribution in [0.2, 0.25) is 0 Å². The van der Waals surface area contributed by atoms with Crippen molar-refractivity contribution in [3.05, 3.63) is 28.7 Å². The smallest absolute Gasteiger partial charge is 0.119 e. The SMILES string of the molecule is CC(CCl)CCOc1ccc(Br)cc1. The molecule has 0 amide bonds. The van der Waals surface area contributed by atoms with Gasteiger partial charge in [0, 0.05) is 10.4 Å². The molecule has 1 atom stereocenters. The third-order valence-electron chi connectivity index (χ3n) is 1.96. The van der Waals surface area contributed by atoms with Crippen molar-refractivity contribution in [2.45, 2.75) is 13.3 Å². The Morgan fingerprint density at radius 3 is 2.57 bits per heavy atom. The molecule has 1 unspecified atom stereocenters. The fourth-order valence-electron chi connectivity index (χ4n) is 0.986. The molecule has 78 valence electrons. The van der Waals surface area contributed by atoms with E-state index in [0.29, 0.717) is 11.8 Å². The van der Waals surface area contributed by atoms with Crippen molar-refractivity contribution in [2.75, 3.05) is 12.5 Å². The van der Waals surface area contributed by atoms with Gasteiger partial charge in [-0.1, -0.05) is 22.9 Å². The molecule has 0 fully saturated rings. The van der Waals surface area contributed by atoms with E-state index >= 15 is 0 Å². The molecule has 3 heteroatoms. The van der Waals surface area contributed by atoms with E-state index in [9.17, 15) is 0 Å². The Morgan fingerprint density at radius 2 is 2.00 bits per heavy atom. The first kappa shape index (κ1) is 11.9. The molecule has 1 aromatic carbocycles. The quantitative estimate of drug-likeness (QED) is 0.737. The monoisotopic (exact) mass is 276 g/mol. The van der Waals surface area contributed by atoms with Crippen LogP contribution in [0.5, 0.6) is 5.75 Å². The van der Waals surface area contributed by atoms with Crippen molar-refractivity contribution in [3.8, 4) is 5.75 Å². The first-order valence-corrected chi connectivity index (χ1v) is 5.99. The maximum atomic E-state index is 5.69. The van der Waals surface area contributed by atoms with Crippen LogP contribution < -0.4 is 4.74 Å². The zero-order chi connectivity index (χ0) is 10.4. The summed E-state index contributed by atoms with van der Waals surface area (Å²) < 4.78 is 6.62. The first-order valence-electron chi connectivity index (χ1n) is 4.66. The van der Waals surface area contributed by atoms with Crippen LogP contribution in [0.1, 0.15) is 13.3 Å². The van der Waals surface area contributed by atoms with E-state index in [2.05, 4.69) is 22.9 Å². The summed E-state index contributed by atoms with van der Waals surface area (Å²) >= 11 is 9.07. The molecule has 0 radical (unpaired) electrons. The third-order valence-corrected chi connectivity index (χ3v) is 3.01. The number of benzene rings is 1. The van der Waals surface area contributed by atoms with Gasteiger partial charge < -0.3 is 4.74 Å². The molecule has 0 aliphatic carbocycles. The van der Waals surface area contributed by atoms with E-state index in [-0.39, 0.29) is 0 Å². The Bertz CT molecular complexity index is 260. The van der Waals surface area contributed by atoms with Crippen LogP contribution in [0, 0.1) is 5.92 Å². The van der Waals surface area contributed by atoms with Gasteiger partial charge in [0.2, 0.25) is 0 Å². The van der Waals surface area contributed by atoms with Gasteiger partial charge in [-0.2, -0.15) is 0 Å². The van der Waals surface area contributed by atoms with E-state index in [1.165, 1.54) is 0 Å². The minimum absolute atomic E-state index is 0.520. The molecule has 0 heterocycles. The lowest BCUT2D eigenvalue weighted by Crippen LogP contribution is -2.04. The molecule has 0 N–H and O–H groups in total. The molecule has 1 rings (SSSR count). The Labute approximate surface area is 98.5 Å². The minimum Gasteiger partial charge on any atom is -0.494 e. The summed E-state index contributed by atoms with van der Waals surface area (Å²) in [5.41, 5.74) is 0. The van der Waals surface area contributed by atoms with Crippen molar-refractivity contribution in [1.29, 1.82) is 0 Å². The van der Waals surface area contributed by atoms with Gasteiger partial charge in [0.1, 0.15) is 5.75 Å². The molecule has 0 saturated carbocycles. The highest BCUT2D eigenvalue weighted by Gasteiger charge is 2.00. The second-order valence-corrected chi connectivity index (χ2v) is 4.57. The highest BCUT2D eigenvalue weighted by atomic mass is 79.9. The fraction of sp³-hybridized carbons (Fsp3) is 0.455. The highest BCUT2D eigenvalue weighted by Crippen LogP contribution is 2.16. The summed E-state index contributed by atoms with van der Waals surface area (Å²) in [6.07, 6.45) is 1.000. The van der Waals surface area contributed by atoms with Gasteiger partial charge in [-0.15, -0.1) is 11.6 Å². The Balaban J connectivity index is 2.28. The van der Waals surface area contributed by atoms with Crippen LogP contribution in [0.3, 0.4) is 0 Å². The summed E-state index contributed by atoms with van der Waals surface area (Å²) in [5, 5.41) is 0. The van der Waals surface area contributed by atoms with Gasteiger partial charge in [-0.25, -0.2) is 0 Å². The third kappa shape index (κ3) is 4.34. The zero-order valence-electron chi connectivity index (χ0n) is 8.17. The topological polar surface area (TPSA) is 9.23 Å². The van der Waals surface area contributed by atoms with Crippen LogP contribution >= 0.6 is 27.5 Å². The Kier molecular flexibility index (Phi) is 5.34. The molecule has 0 aromatic heterocycles. The lowest BCUT2D eigenvalue weighted by Gasteiger charge is -2.09. The van der Waals surface area contributed by atoms with Crippen molar-refractivity contribution >= 4 is 27.5 Å². The van der Waals surface area contributed by atoms with Gasteiger partial charge in [0.15, 0.2) is 0 Å². The number of hydrogen-bond acceptors (Lipinski definition) is 1. The van der Waals surface area contributed by atoms with Crippen molar-refractivity contribution in [1.82, 2.24) is 0 Å². The highest BCUT2D eigenvalue weighted by molar-refractivity contribution is 9.10. The lowest BCUT2D eigenvalue weighted by molar-refractivity contribution is 0.290. The van der Waals surface area contributed by atoms with Crippen LogP contribution in [-0.4, -0.2) is 12.5 Å². The average Bonchev–Trinajstić information content (AvgIpc) is 2.21.